The maximum absolute atomic E-state index is 11.6. The molecule has 92 valence electrons. The summed E-state index contributed by atoms with van der Waals surface area (Å²) in [6.45, 7) is 7.49. The first-order chi connectivity index (χ1) is 7.78. The molecule has 0 aliphatic heterocycles. The Morgan fingerprint density at radius 3 is 2.53 bits per heavy atom. The summed E-state index contributed by atoms with van der Waals surface area (Å²) in [5, 5.41) is 0. The van der Waals surface area contributed by atoms with E-state index in [1.165, 1.54) is 6.08 Å². The number of esters is 1. The highest BCUT2D eigenvalue weighted by atomic mass is 127. The molecule has 0 bridgehead atoms. The molecule has 0 atom stereocenters. The van der Waals surface area contributed by atoms with Gasteiger partial charge in [0.25, 0.3) is 0 Å². The summed E-state index contributed by atoms with van der Waals surface area (Å²) >= 11 is 2.25. The molecule has 0 fully saturated rings. The highest BCUT2D eigenvalue weighted by molar-refractivity contribution is 14.1. The predicted octanol–water partition coefficient (Wildman–Crippen LogP) is 4.04. The molecule has 0 aliphatic carbocycles. The normalized spacial score (nSPS) is 12.4. The van der Waals surface area contributed by atoms with Crippen LogP contribution in [-0.2, 0) is 9.53 Å². The molecule has 1 aromatic rings. The van der Waals surface area contributed by atoms with Gasteiger partial charge >= 0.3 is 5.97 Å². The second kappa shape index (κ2) is 5.67. The Morgan fingerprint density at radius 1 is 1.35 bits per heavy atom. The van der Waals surface area contributed by atoms with Crippen LogP contribution < -0.4 is 0 Å². The lowest BCUT2D eigenvalue weighted by molar-refractivity contribution is -0.148. The Balaban J connectivity index is 2.83. The minimum Gasteiger partial charge on any atom is -0.457 e. The van der Waals surface area contributed by atoms with Crippen LogP contribution in [0.4, 0.5) is 0 Å². The summed E-state index contributed by atoms with van der Waals surface area (Å²) in [4.78, 5) is 11.6. The highest BCUT2D eigenvalue weighted by Gasteiger charge is 2.14. The largest absolute Gasteiger partial charge is 0.457 e. The number of allylic oxidation sites excluding steroid dienone is 1. The van der Waals surface area contributed by atoms with Crippen LogP contribution in [0, 0.1) is 3.57 Å². The summed E-state index contributed by atoms with van der Waals surface area (Å²) in [5.41, 5.74) is 1.51. The number of ether oxygens (including phenoxy) is 1. The van der Waals surface area contributed by atoms with Crippen LogP contribution in [0.2, 0.25) is 0 Å². The van der Waals surface area contributed by atoms with E-state index >= 15 is 0 Å². The van der Waals surface area contributed by atoms with Crippen LogP contribution in [0.25, 0.3) is 5.57 Å². The van der Waals surface area contributed by atoms with Crippen molar-refractivity contribution in [3.05, 3.63) is 39.5 Å². The SMILES string of the molecule is C/C(=C\C(=O)OC(C)(C)C)c1cccc(I)c1. The van der Waals surface area contributed by atoms with E-state index in [9.17, 15) is 4.79 Å². The van der Waals surface area contributed by atoms with Crippen LogP contribution in [-0.4, -0.2) is 11.6 Å². The Morgan fingerprint density at radius 2 is 2.00 bits per heavy atom. The van der Waals surface area contributed by atoms with Gasteiger partial charge in [-0.2, -0.15) is 0 Å². The first-order valence-corrected chi connectivity index (χ1v) is 6.53. The van der Waals surface area contributed by atoms with Crippen LogP contribution in [0.5, 0.6) is 0 Å². The molecule has 0 saturated carbocycles. The van der Waals surface area contributed by atoms with Crippen molar-refractivity contribution in [2.75, 3.05) is 0 Å². The summed E-state index contributed by atoms with van der Waals surface area (Å²) in [6, 6.07) is 8.02. The fourth-order valence-electron chi connectivity index (χ4n) is 1.33. The van der Waals surface area contributed by atoms with Gasteiger partial charge in [0.2, 0.25) is 0 Å². The molecule has 0 spiro atoms. The van der Waals surface area contributed by atoms with Crippen LogP contribution in [0.3, 0.4) is 0 Å². The maximum Gasteiger partial charge on any atom is 0.331 e. The fraction of sp³-hybridized carbons (Fsp3) is 0.357. The molecule has 17 heavy (non-hydrogen) atoms. The van der Waals surface area contributed by atoms with Gasteiger partial charge in [0.05, 0.1) is 0 Å². The van der Waals surface area contributed by atoms with E-state index in [1.54, 1.807) is 0 Å². The predicted molar refractivity (Wildman–Crippen MR) is 78.7 cm³/mol. The van der Waals surface area contributed by atoms with E-state index in [1.807, 2.05) is 52.0 Å². The van der Waals surface area contributed by atoms with Crippen molar-refractivity contribution in [3.8, 4) is 0 Å². The monoisotopic (exact) mass is 344 g/mol. The minimum absolute atomic E-state index is 0.297. The lowest BCUT2D eigenvalue weighted by Gasteiger charge is -2.18. The van der Waals surface area contributed by atoms with Crippen molar-refractivity contribution >= 4 is 34.1 Å². The van der Waals surface area contributed by atoms with E-state index in [2.05, 4.69) is 22.6 Å². The van der Waals surface area contributed by atoms with Crippen molar-refractivity contribution in [1.82, 2.24) is 0 Å². The molecule has 3 heteroatoms. The molecule has 0 saturated heterocycles. The summed E-state index contributed by atoms with van der Waals surface area (Å²) in [7, 11) is 0. The first kappa shape index (κ1) is 14.2. The molecule has 0 N–H and O–H groups in total. The number of carbonyl (C=O) groups excluding carboxylic acids is 1. The molecule has 2 nitrogen and oxygen atoms in total. The molecule has 1 rings (SSSR count). The molecule has 0 amide bonds. The number of benzene rings is 1. The number of rotatable bonds is 2. The van der Waals surface area contributed by atoms with E-state index in [4.69, 9.17) is 4.74 Å². The summed E-state index contributed by atoms with van der Waals surface area (Å²) < 4.78 is 6.39. The Bertz CT molecular complexity index is 442. The van der Waals surface area contributed by atoms with Gasteiger partial charge < -0.3 is 4.74 Å². The summed E-state index contributed by atoms with van der Waals surface area (Å²) in [5.74, 6) is -0.297. The van der Waals surface area contributed by atoms with Gasteiger partial charge in [0.1, 0.15) is 5.60 Å². The molecule has 0 unspecified atom stereocenters. The molecule has 0 aromatic heterocycles. The van der Waals surface area contributed by atoms with Crippen molar-refractivity contribution in [1.29, 1.82) is 0 Å². The average molecular weight is 344 g/mol. The molecule has 1 aromatic carbocycles. The van der Waals surface area contributed by atoms with Crippen LogP contribution >= 0.6 is 22.6 Å². The standard InChI is InChI=1S/C14H17IO2/c1-10(8-13(16)17-14(2,3)4)11-6-5-7-12(15)9-11/h5-9H,1-4H3/b10-8+. The van der Waals surface area contributed by atoms with E-state index in [-0.39, 0.29) is 5.97 Å². The third-order valence-electron chi connectivity index (χ3n) is 2.02. The van der Waals surface area contributed by atoms with Crippen molar-refractivity contribution in [3.63, 3.8) is 0 Å². The third kappa shape index (κ3) is 5.35. The lowest BCUT2D eigenvalue weighted by atomic mass is 10.1. The second-order valence-electron chi connectivity index (χ2n) is 4.87. The molecular formula is C14H17IO2. The van der Waals surface area contributed by atoms with Gasteiger partial charge in [-0.15, -0.1) is 0 Å². The third-order valence-corrected chi connectivity index (χ3v) is 2.69. The van der Waals surface area contributed by atoms with Crippen LogP contribution in [0.15, 0.2) is 30.3 Å². The van der Waals surface area contributed by atoms with Crippen LogP contribution in [0.1, 0.15) is 33.3 Å². The zero-order valence-corrected chi connectivity index (χ0v) is 12.7. The molecule has 0 heterocycles. The summed E-state index contributed by atoms with van der Waals surface area (Å²) in [6.07, 6.45) is 1.54. The number of carbonyl (C=O) groups is 1. The van der Waals surface area contributed by atoms with Gasteiger partial charge in [-0.1, -0.05) is 12.1 Å². The Labute approximate surface area is 116 Å². The van der Waals surface area contributed by atoms with E-state index < -0.39 is 5.60 Å². The zero-order chi connectivity index (χ0) is 13.1. The Hall–Kier alpha value is -0.840. The van der Waals surface area contributed by atoms with E-state index in [0.717, 1.165) is 14.7 Å². The maximum atomic E-state index is 11.6. The van der Waals surface area contributed by atoms with Crippen molar-refractivity contribution < 1.29 is 9.53 Å². The average Bonchev–Trinajstić information content (AvgIpc) is 2.14. The lowest BCUT2D eigenvalue weighted by Crippen LogP contribution is -2.22. The van der Waals surface area contributed by atoms with Crippen molar-refractivity contribution in [2.24, 2.45) is 0 Å². The molecular weight excluding hydrogens is 327 g/mol. The quantitative estimate of drug-likeness (QED) is 0.460. The smallest absolute Gasteiger partial charge is 0.331 e. The minimum atomic E-state index is -0.445. The van der Waals surface area contributed by atoms with Crippen molar-refractivity contribution in [2.45, 2.75) is 33.3 Å². The second-order valence-corrected chi connectivity index (χ2v) is 6.12. The van der Waals surface area contributed by atoms with Gasteiger partial charge in [0.15, 0.2) is 0 Å². The van der Waals surface area contributed by atoms with Gasteiger partial charge in [0, 0.05) is 9.65 Å². The number of hydrogen-bond acceptors (Lipinski definition) is 2. The van der Waals surface area contributed by atoms with E-state index in [0.29, 0.717) is 0 Å². The Kier molecular flexibility index (Phi) is 4.74. The molecule has 0 radical (unpaired) electrons. The highest BCUT2D eigenvalue weighted by Crippen LogP contribution is 2.17. The molecule has 0 aliphatic rings. The number of hydrogen-bond donors (Lipinski definition) is 0. The fourth-order valence-corrected chi connectivity index (χ4v) is 1.87. The number of halogens is 1. The zero-order valence-electron chi connectivity index (χ0n) is 10.6. The van der Waals surface area contributed by atoms with Gasteiger partial charge in [-0.25, -0.2) is 4.79 Å². The van der Waals surface area contributed by atoms with Gasteiger partial charge in [-0.05, 0) is 73.6 Å². The van der Waals surface area contributed by atoms with Gasteiger partial charge in [-0.3, -0.25) is 0 Å². The topological polar surface area (TPSA) is 26.3 Å². The first-order valence-electron chi connectivity index (χ1n) is 5.45.